The van der Waals surface area contributed by atoms with Gasteiger partial charge in [-0.3, -0.25) is 10.1 Å². The lowest BCUT2D eigenvalue weighted by atomic mass is 9.80. The normalized spacial score (nSPS) is 17.3. The number of benzene rings is 1. The molecule has 0 spiro atoms. The maximum atomic E-state index is 13.0. The Labute approximate surface area is 175 Å². The first kappa shape index (κ1) is 22.9. The predicted octanol–water partition coefficient (Wildman–Crippen LogP) is 3.90. The molecule has 2 atom stereocenters. The molecule has 0 saturated carbocycles. The van der Waals surface area contributed by atoms with Crippen LogP contribution in [0, 0.1) is 10.1 Å². The van der Waals surface area contributed by atoms with Gasteiger partial charge in [0.2, 0.25) is 0 Å². The van der Waals surface area contributed by atoms with Crippen molar-refractivity contribution < 1.29 is 24.0 Å². The van der Waals surface area contributed by atoms with Gasteiger partial charge in [-0.1, -0.05) is 24.8 Å². The van der Waals surface area contributed by atoms with E-state index in [0.717, 1.165) is 0 Å². The molecule has 0 saturated heterocycles. The number of esters is 2. The van der Waals surface area contributed by atoms with Crippen LogP contribution in [0.2, 0.25) is 0 Å². The van der Waals surface area contributed by atoms with Gasteiger partial charge in [-0.05, 0) is 40.2 Å². The van der Waals surface area contributed by atoms with Crippen LogP contribution >= 0.6 is 0 Å². The molecule has 0 radical (unpaired) electrons. The van der Waals surface area contributed by atoms with Gasteiger partial charge >= 0.3 is 11.9 Å². The molecule has 0 fully saturated rings. The van der Waals surface area contributed by atoms with E-state index in [1.54, 1.807) is 40.7 Å². The van der Waals surface area contributed by atoms with Gasteiger partial charge in [-0.2, -0.15) is 0 Å². The van der Waals surface area contributed by atoms with E-state index in [1.165, 1.54) is 24.3 Å². The second-order valence-electron chi connectivity index (χ2n) is 7.29. The summed E-state index contributed by atoms with van der Waals surface area (Å²) in [4.78, 5) is 36.7. The highest BCUT2D eigenvalue weighted by Crippen LogP contribution is 2.40. The minimum Gasteiger partial charge on any atom is -0.460 e. The Balaban J connectivity index is 2.67. The zero-order chi connectivity index (χ0) is 22.6. The number of nitrogens with zero attached hydrogens (tertiary/aromatic N) is 1. The quantitative estimate of drug-likeness (QED) is 0.312. The van der Waals surface area contributed by atoms with Crippen LogP contribution in [0.5, 0.6) is 0 Å². The largest absolute Gasteiger partial charge is 0.460 e. The summed E-state index contributed by atoms with van der Waals surface area (Å²) < 4.78 is 10.8. The number of hydrogen-bond acceptors (Lipinski definition) is 7. The zero-order valence-corrected chi connectivity index (χ0v) is 17.7. The number of dihydropyridines is 1. The number of allylic oxidation sites excluding steroid dienone is 2. The third-order valence-electron chi connectivity index (χ3n) is 4.58. The fraction of sp³-hybridized carbons (Fsp3) is 0.364. The molecule has 2 unspecified atom stereocenters. The minimum atomic E-state index is -0.887. The molecule has 0 aliphatic carbocycles. The predicted molar refractivity (Wildman–Crippen MR) is 111 cm³/mol. The van der Waals surface area contributed by atoms with Gasteiger partial charge in [0.25, 0.3) is 5.69 Å². The molecule has 1 N–H and O–H groups in total. The minimum absolute atomic E-state index is 0.148. The molecule has 8 nitrogen and oxygen atoms in total. The topological polar surface area (TPSA) is 108 Å². The summed E-state index contributed by atoms with van der Waals surface area (Å²) in [5, 5.41) is 14.3. The first-order valence-corrected chi connectivity index (χ1v) is 9.54. The summed E-state index contributed by atoms with van der Waals surface area (Å²) in [5.41, 5.74) is 1.65. The fourth-order valence-corrected chi connectivity index (χ4v) is 3.24. The first-order valence-electron chi connectivity index (χ1n) is 9.54. The number of ether oxygens (including phenoxy) is 2. The number of rotatable bonds is 7. The molecule has 0 aromatic heterocycles. The van der Waals surface area contributed by atoms with Crippen LogP contribution in [0.3, 0.4) is 0 Å². The Morgan fingerprint density at radius 3 is 2.20 bits per heavy atom. The summed E-state index contributed by atoms with van der Waals surface area (Å²) in [6.45, 7) is 12.1. The molecule has 1 aliphatic heterocycles. The molecule has 30 heavy (non-hydrogen) atoms. The van der Waals surface area contributed by atoms with E-state index >= 15 is 0 Å². The van der Waals surface area contributed by atoms with Crippen LogP contribution in [-0.4, -0.2) is 29.1 Å². The van der Waals surface area contributed by atoms with E-state index in [2.05, 4.69) is 11.9 Å². The van der Waals surface area contributed by atoms with Gasteiger partial charge in [-0.25, -0.2) is 9.59 Å². The van der Waals surface area contributed by atoms with E-state index in [1.807, 2.05) is 0 Å². The summed E-state index contributed by atoms with van der Waals surface area (Å²) in [5.74, 6) is -2.14. The highest BCUT2D eigenvalue weighted by molar-refractivity contribution is 6.00. The number of carbonyl (C=O) groups excluding carboxylic acids is 2. The lowest BCUT2D eigenvalue weighted by Gasteiger charge is -2.31. The van der Waals surface area contributed by atoms with Crippen molar-refractivity contribution in [2.24, 2.45) is 0 Å². The SMILES string of the molecule is C=CC(C)OC(=O)C1=C(C)NC(C)=C(C(=O)OC(C)C)C1c1cccc([N+](=O)[O-])c1. The Morgan fingerprint density at radius 2 is 1.70 bits per heavy atom. The summed E-state index contributed by atoms with van der Waals surface area (Å²) in [6.07, 6.45) is 0.537. The van der Waals surface area contributed by atoms with E-state index in [0.29, 0.717) is 17.0 Å². The average Bonchev–Trinajstić information content (AvgIpc) is 2.66. The standard InChI is InChI=1S/C22H26N2O6/c1-7-13(4)30-22(26)19-15(6)23-14(5)18(21(25)29-12(2)3)20(19)16-9-8-10-17(11-16)24(27)28/h7-13,20,23H,1H2,2-6H3. The highest BCUT2D eigenvalue weighted by Gasteiger charge is 2.39. The number of nitro benzene ring substituents is 1. The molecule has 2 rings (SSSR count). The Morgan fingerprint density at radius 1 is 1.13 bits per heavy atom. The third kappa shape index (κ3) is 4.94. The lowest BCUT2D eigenvalue weighted by Crippen LogP contribution is -2.33. The van der Waals surface area contributed by atoms with Crippen molar-refractivity contribution in [1.82, 2.24) is 5.32 Å². The van der Waals surface area contributed by atoms with E-state index < -0.39 is 28.9 Å². The maximum Gasteiger partial charge on any atom is 0.337 e. The van der Waals surface area contributed by atoms with Crippen molar-refractivity contribution in [3.05, 3.63) is 75.1 Å². The van der Waals surface area contributed by atoms with Crippen LogP contribution in [0.1, 0.15) is 46.1 Å². The molecule has 1 heterocycles. The van der Waals surface area contributed by atoms with E-state index in [4.69, 9.17) is 9.47 Å². The van der Waals surface area contributed by atoms with Crippen molar-refractivity contribution in [2.45, 2.75) is 52.7 Å². The van der Waals surface area contributed by atoms with Crippen molar-refractivity contribution in [2.75, 3.05) is 0 Å². The van der Waals surface area contributed by atoms with Crippen LogP contribution in [0.4, 0.5) is 5.69 Å². The van der Waals surface area contributed by atoms with Crippen LogP contribution in [-0.2, 0) is 19.1 Å². The van der Waals surface area contributed by atoms with Crippen molar-refractivity contribution in [3.8, 4) is 0 Å². The molecule has 8 heteroatoms. The van der Waals surface area contributed by atoms with Crippen molar-refractivity contribution in [1.29, 1.82) is 0 Å². The molecule has 1 aromatic rings. The molecule has 160 valence electrons. The number of non-ortho nitro benzene ring substituents is 1. The smallest absolute Gasteiger partial charge is 0.337 e. The first-order chi connectivity index (χ1) is 14.1. The monoisotopic (exact) mass is 414 g/mol. The Kier molecular flexibility index (Phi) is 7.15. The Hall–Kier alpha value is -3.42. The zero-order valence-electron chi connectivity index (χ0n) is 17.7. The number of carbonyl (C=O) groups is 2. The van der Waals surface area contributed by atoms with Gasteiger partial charge in [0.15, 0.2) is 0 Å². The fourth-order valence-electron chi connectivity index (χ4n) is 3.24. The molecule has 1 aromatic carbocycles. The maximum absolute atomic E-state index is 13.0. The van der Waals surface area contributed by atoms with Crippen molar-refractivity contribution >= 4 is 17.6 Å². The second-order valence-corrected chi connectivity index (χ2v) is 7.29. The van der Waals surface area contributed by atoms with Gasteiger partial charge in [0, 0.05) is 23.5 Å². The lowest BCUT2D eigenvalue weighted by molar-refractivity contribution is -0.384. The molecule has 0 amide bonds. The molecular formula is C22H26N2O6. The van der Waals surface area contributed by atoms with Gasteiger partial charge in [0.05, 0.1) is 28.1 Å². The second kappa shape index (κ2) is 9.39. The van der Waals surface area contributed by atoms with Crippen LogP contribution in [0.25, 0.3) is 0 Å². The van der Waals surface area contributed by atoms with E-state index in [9.17, 15) is 19.7 Å². The van der Waals surface area contributed by atoms with Gasteiger partial charge < -0.3 is 14.8 Å². The third-order valence-corrected chi connectivity index (χ3v) is 4.58. The van der Waals surface area contributed by atoms with Gasteiger partial charge in [-0.15, -0.1) is 0 Å². The highest BCUT2D eigenvalue weighted by atomic mass is 16.6. The summed E-state index contributed by atoms with van der Waals surface area (Å²) >= 11 is 0. The molecule has 0 bridgehead atoms. The van der Waals surface area contributed by atoms with E-state index in [-0.39, 0.29) is 22.9 Å². The van der Waals surface area contributed by atoms with Crippen LogP contribution in [0.15, 0.2) is 59.5 Å². The van der Waals surface area contributed by atoms with Crippen LogP contribution < -0.4 is 5.32 Å². The number of nitro groups is 1. The number of nitrogens with one attached hydrogen (secondary N) is 1. The Bertz CT molecular complexity index is 945. The summed E-state index contributed by atoms with van der Waals surface area (Å²) in [7, 11) is 0. The van der Waals surface area contributed by atoms with Gasteiger partial charge in [0.1, 0.15) is 6.10 Å². The average molecular weight is 414 g/mol. The number of hydrogen-bond donors (Lipinski definition) is 1. The molecular weight excluding hydrogens is 388 g/mol. The summed E-state index contributed by atoms with van der Waals surface area (Å²) in [6, 6.07) is 5.85. The van der Waals surface area contributed by atoms with Crippen molar-refractivity contribution in [3.63, 3.8) is 0 Å². The molecule has 1 aliphatic rings.